The number of benzene rings is 2. The molecule has 0 atom stereocenters. The van der Waals surface area contributed by atoms with E-state index in [9.17, 15) is 9.59 Å². The maximum atomic E-state index is 12.0. The third-order valence-corrected chi connectivity index (χ3v) is 3.82. The summed E-state index contributed by atoms with van der Waals surface area (Å²) < 4.78 is 5.34. The maximum absolute atomic E-state index is 12.0. The summed E-state index contributed by atoms with van der Waals surface area (Å²) in [6.07, 6.45) is 0. The zero-order valence-electron chi connectivity index (χ0n) is 12.5. The van der Waals surface area contributed by atoms with Gasteiger partial charge < -0.3 is 15.4 Å². The fourth-order valence-corrected chi connectivity index (χ4v) is 2.42. The molecule has 0 unspecified atom stereocenters. The van der Waals surface area contributed by atoms with E-state index in [4.69, 9.17) is 39.5 Å². The number of carbonyl (C=O) groups is 2. The highest BCUT2D eigenvalue weighted by atomic mass is 35.5. The average Bonchev–Trinajstić information content (AvgIpc) is 2.49. The van der Waals surface area contributed by atoms with Gasteiger partial charge in [0.05, 0.1) is 15.1 Å². The Hall–Kier alpha value is -1.95. The van der Waals surface area contributed by atoms with E-state index < -0.39 is 5.91 Å². The lowest BCUT2D eigenvalue weighted by molar-refractivity contribution is -0.118. The largest absolute Gasteiger partial charge is 0.482 e. The number of amides is 2. The predicted octanol–water partition coefficient (Wildman–Crippen LogP) is 4.62. The molecule has 2 amide bonds. The molecule has 24 heavy (non-hydrogen) atoms. The highest BCUT2D eigenvalue weighted by molar-refractivity contribution is 6.43. The third kappa shape index (κ3) is 5.30. The van der Waals surface area contributed by atoms with Crippen molar-refractivity contribution in [1.82, 2.24) is 0 Å². The molecule has 0 saturated heterocycles. The third-order valence-electron chi connectivity index (χ3n) is 2.80. The second-order valence-electron chi connectivity index (χ2n) is 4.80. The fourth-order valence-electron chi connectivity index (χ4n) is 1.83. The van der Waals surface area contributed by atoms with Crippen LogP contribution in [-0.2, 0) is 9.59 Å². The van der Waals surface area contributed by atoms with E-state index >= 15 is 0 Å². The van der Waals surface area contributed by atoms with Crippen LogP contribution >= 0.6 is 34.8 Å². The second kappa shape index (κ2) is 8.24. The Kier molecular flexibility index (Phi) is 6.31. The number of ether oxygens (including phenoxy) is 1. The zero-order valence-corrected chi connectivity index (χ0v) is 14.8. The highest BCUT2D eigenvalue weighted by Gasteiger charge is 2.10. The summed E-state index contributed by atoms with van der Waals surface area (Å²) in [6.45, 7) is 1.14. The van der Waals surface area contributed by atoms with Crippen LogP contribution in [0, 0.1) is 0 Å². The Balaban J connectivity index is 1.96. The monoisotopic (exact) mass is 386 g/mol. The van der Waals surface area contributed by atoms with Gasteiger partial charge in [0.25, 0.3) is 5.91 Å². The topological polar surface area (TPSA) is 67.4 Å². The minimum absolute atomic E-state index is 0.198. The molecule has 0 aromatic heterocycles. The summed E-state index contributed by atoms with van der Waals surface area (Å²) in [4.78, 5) is 23.0. The molecule has 2 N–H and O–H groups in total. The van der Waals surface area contributed by atoms with Crippen LogP contribution in [0.1, 0.15) is 6.92 Å². The molecule has 0 fully saturated rings. The van der Waals surface area contributed by atoms with Gasteiger partial charge in [0.1, 0.15) is 5.75 Å². The molecule has 2 aromatic rings. The van der Waals surface area contributed by atoms with E-state index in [1.165, 1.54) is 19.1 Å². The Bertz CT molecular complexity index is 781. The van der Waals surface area contributed by atoms with Gasteiger partial charge in [0.2, 0.25) is 5.91 Å². The molecule has 0 heterocycles. The van der Waals surface area contributed by atoms with Crippen molar-refractivity contribution in [2.24, 2.45) is 0 Å². The Morgan fingerprint density at radius 3 is 2.25 bits per heavy atom. The molecular formula is C16H13Cl3N2O3. The second-order valence-corrected chi connectivity index (χ2v) is 6.02. The quantitative estimate of drug-likeness (QED) is 0.735. The van der Waals surface area contributed by atoms with Crippen LogP contribution in [0.15, 0.2) is 36.4 Å². The van der Waals surface area contributed by atoms with Crippen LogP contribution in [0.4, 0.5) is 11.4 Å². The van der Waals surface area contributed by atoms with Crippen LogP contribution in [0.3, 0.4) is 0 Å². The molecular weight excluding hydrogens is 375 g/mol. The van der Waals surface area contributed by atoms with Crippen molar-refractivity contribution >= 4 is 58.0 Å². The highest BCUT2D eigenvalue weighted by Crippen LogP contribution is 2.33. The predicted molar refractivity (Wildman–Crippen MR) is 96.3 cm³/mol. The van der Waals surface area contributed by atoms with Gasteiger partial charge in [-0.1, -0.05) is 40.9 Å². The van der Waals surface area contributed by atoms with Crippen LogP contribution in [0.25, 0.3) is 0 Å². The SMILES string of the molecule is CC(=O)Nc1cccc(NC(=O)COc2cc(Cl)c(Cl)cc2Cl)c1. The number of nitrogens with one attached hydrogen (secondary N) is 2. The van der Waals surface area contributed by atoms with Crippen molar-refractivity contribution in [2.45, 2.75) is 6.92 Å². The average molecular weight is 388 g/mol. The number of hydrogen-bond acceptors (Lipinski definition) is 3. The lowest BCUT2D eigenvalue weighted by Crippen LogP contribution is -2.20. The first kappa shape index (κ1) is 18.4. The van der Waals surface area contributed by atoms with Crippen LogP contribution in [0.2, 0.25) is 15.1 Å². The first-order valence-corrected chi connectivity index (χ1v) is 7.93. The summed E-state index contributed by atoms with van der Waals surface area (Å²) in [5.74, 6) is -0.332. The lowest BCUT2D eigenvalue weighted by atomic mass is 10.2. The van der Waals surface area contributed by atoms with Crippen molar-refractivity contribution in [2.75, 3.05) is 17.2 Å². The minimum Gasteiger partial charge on any atom is -0.482 e. The Labute approximate surface area is 153 Å². The molecule has 0 aliphatic heterocycles. The van der Waals surface area contributed by atoms with E-state index in [1.807, 2.05) is 0 Å². The first-order chi connectivity index (χ1) is 11.3. The number of rotatable bonds is 5. The summed E-state index contributed by atoms with van der Waals surface area (Å²) in [5.41, 5.74) is 1.10. The molecule has 8 heteroatoms. The first-order valence-electron chi connectivity index (χ1n) is 6.80. The molecule has 126 valence electrons. The Morgan fingerprint density at radius 2 is 1.58 bits per heavy atom. The number of anilines is 2. The molecule has 0 radical (unpaired) electrons. The van der Waals surface area contributed by atoms with Crippen molar-refractivity contribution in [3.8, 4) is 5.75 Å². The zero-order chi connectivity index (χ0) is 17.7. The lowest BCUT2D eigenvalue weighted by Gasteiger charge is -2.10. The molecule has 0 bridgehead atoms. The van der Waals surface area contributed by atoms with E-state index in [2.05, 4.69) is 10.6 Å². The van der Waals surface area contributed by atoms with Crippen molar-refractivity contribution in [1.29, 1.82) is 0 Å². The number of halogens is 3. The van der Waals surface area contributed by atoms with E-state index in [1.54, 1.807) is 24.3 Å². The van der Waals surface area contributed by atoms with Gasteiger partial charge in [-0.2, -0.15) is 0 Å². The summed E-state index contributed by atoms with van der Waals surface area (Å²) >= 11 is 17.7. The minimum atomic E-state index is -0.392. The van der Waals surface area contributed by atoms with Gasteiger partial charge in [-0.3, -0.25) is 9.59 Å². The van der Waals surface area contributed by atoms with Gasteiger partial charge in [0, 0.05) is 24.4 Å². The molecule has 0 aliphatic rings. The summed E-state index contributed by atoms with van der Waals surface area (Å²) in [5, 5.41) is 6.11. The fraction of sp³-hybridized carbons (Fsp3) is 0.125. The molecule has 0 aliphatic carbocycles. The smallest absolute Gasteiger partial charge is 0.262 e. The molecule has 0 spiro atoms. The maximum Gasteiger partial charge on any atom is 0.262 e. The molecule has 2 rings (SSSR count). The van der Waals surface area contributed by atoms with E-state index in [0.717, 1.165) is 0 Å². The van der Waals surface area contributed by atoms with Gasteiger partial charge in [-0.15, -0.1) is 0 Å². The Morgan fingerprint density at radius 1 is 0.958 bits per heavy atom. The van der Waals surface area contributed by atoms with E-state index in [0.29, 0.717) is 16.4 Å². The van der Waals surface area contributed by atoms with E-state index in [-0.39, 0.29) is 28.3 Å². The van der Waals surface area contributed by atoms with Gasteiger partial charge in [0.15, 0.2) is 6.61 Å². The van der Waals surface area contributed by atoms with Gasteiger partial charge in [-0.25, -0.2) is 0 Å². The number of carbonyl (C=O) groups excluding carboxylic acids is 2. The van der Waals surface area contributed by atoms with Crippen LogP contribution < -0.4 is 15.4 Å². The van der Waals surface area contributed by atoms with Crippen molar-refractivity contribution in [3.05, 3.63) is 51.5 Å². The van der Waals surface area contributed by atoms with Crippen molar-refractivity contribution < 1.29 is 14.3 Å². The standard InChI is InChI=1S/C16H13Cl3N2O3/c1-9(22)20-10-3-2-4-11(5-10)21-16(23)8-24-15-7-13(18)12(17)6-14(15)19/h2-7H,8H2,1H3,(H,20,22)(H,21,23). The van der Waals surface area contributed by atoms with Crippen molar-refractivity contribution in [3.63, 3.8) is 0 Å². The molecule has 2 aromatic carbocycles. The van der Waals surface area contributed by atoms with Gasteiger partial charge >= 0.3 is 0 Å². The normalized spacial score (nSPS) is 10.2. The summed E-state index contributed by atoms with van der Waals surface area (Å²) in [7, 11) is 0. The molecule has 0 saturated carbocycles. The summed E-state index contributed by atoms with van der Waals surface area (Å²) in [6, 6.07) is 9.62. The molecule has 5 nitrogen and oxygen atoms in total. The number of hydrogen-bond donors (Lipinski definition) is 2. The van der Waals surface area contributed by atoms with Gasteiger partial charge in [-0.05, 0) is 24.3 Å². The van der Waals surface area contributed by atoms with Crippen LogP contribution in [0.5, 0.6) is 5.75 Å². The van der Waals surface area contributed by atoms with Crippen LogP contribution in [-0.4, -0.2) is 18.4 Å².